The third kappa shape index (κ3) is 4.09. The van der Waals surface area contributed by atoms with Crippen molar-refractivity contribution in [3.05, 3.63) is 48.0 Å². The van der Waals surface area contributed by atoms with Crippen molar-refractivity contribution in [3.8, 4) is 11.5 Å². The lowest BCUT2D eigenvalue weighted by Gasteiger charge is -2.10. The van der Waals surface area contributed by atoms with Gasteiger partial charge in [0.25, 0.3) is 0 Å². The van der Waals surface area contributed by atoms with Crippen LogP contribution in [0.25, 0.3) is 0 Å². The molecule has 0 fully saturated rings. The molecule has 120 valence electrons. The van der Waals surface area contributed by atoms with Crippen molar-refractivity contribution in [2.75, 3.05) is 18.5 Å². The number of hydrogen-bond donors (Lipinski definition) is 2. The predicted octanol–water partition coefficient (Wildman–Crippen LogP) is 2.31. The number of fused-ring (bicyclic) bond motifs is 1. The molecule has 0 bridgehead atoms. The smallest absolute Gasteiger partial charge is 0.193 e. The molecule has 2 aromatic rings. The fourth-order valence-electron chi connectivity index (χ4n) is 2.09. The highest BCUT2D eigenvalue weighted by Crippen LogP contribution is 2.32. The van der Waals surface area contributed by atoms with Crippen LogP contribution in [0, 0.1) is 5.82 Å². The number of nitrogens with two attached hydrogens (primary N) is 1. The van der Waals surface area contributed by atoms with Crippen molar-refractivity contribution in [3.63, 3.8) is 0 Å². The van der Waals surface area contributed by atoms with Crippen molar-refractivity contribution in [2.24, 2.45) is 10.7 Å². The molecule has 7 heteroatoms. The monoisotopic (exact) mass is 316 g/mol. The van der Waals surface area contributed by atoms with E-state index in [0.29, 0.717) is 24.7 Å². The minimum Gasteiger partial charge on any atom is -0.490 e. The Bertz CT molecular complexity index is 704. The third-order valence-electron chi connectivity index (χ3n) is 3.22. The average molecular weight is 316 g/mol. The quantitative estimate of drug-likeness (QED) is 0.671. The van der Waals surface area contributed by atoms with E-state index in [2.05, 4.69) is 15.3 Å². The third-order valence-corrected chi connectivity index (χ3v) is 3.22. The maximum Gasteiger partial charge on any atom is 0.193 e. The fourth-order valence-corrected chi connectivity index (χ4v) is 2.09. The molecule has 1 aliphatic rings. The van der Waals surface area contributed by atoms with Crippen LogP contribution in [-0.2, 0) is 6.54 Å². The molecular weight excluding hydrogens is 299 g/mol. The summed E-state index contributed by atoms with van der Waals surface area (Å²) in [7, 11) is 0. The number of guanidine groups is 1. The van der Waals surface area contributed by atoms with Gasteiger partial charge < -0.3 is 20.5 Å². The van der Waals surface area contributed by atoms with E-state index in [9.17, 15) is 4.39 Å². The molecule has 0 aliphatic carbocycles. The van der Waals surface area contributed by atoms with Crippen LogP contribution in [0.2, 0.25) is 0 Å². The molecule has 1 aromatic heterocycles. The van der Waals surface area contributed by atoms with Crippen LogP contribution in [0.15, 0.2) is 41.5 Å². The van der Waals surface area contributed by atoms with Crippen molar-refractivity contribution < 1.29 is 13.9 Å². The highest BCUT2D eigenvalue weighted by Gasteiger charge is 2.10. The Morgan fingerprint density at radius 1 is 1.22 bits per heavy atom. The summed E-state index contributed by atoms with van der Waals surface area (Å²) < 4.78 is 24.0. The van der Waals surface area contributed by atoms with E-state index >= 15 is 0 Å². The number of halogens is 1. The highest BCUT2D eigenvalue weighted by atomic mass is 19.1. The number of benzene rings is 1. The van der Waals surface area contributed by atoms with Crippen LogP contribution in [-0.4, -0.2) is 24.2 Å². The van der Waals surface area contributed by atoms with Crippen molar-refractivity contribution in [1.29, 1.82) is 0 Å². The zero-order valence-electron chi connectivity index (χ0n) is 12.5. The largest absolute Gasteiger partial charge is 0.490 e. The zero-order valence-corrected chi connectivity index (χ0v) is 12.5. The van der Waals surface area contributed by atoms with Gasteiger partial charge in [-0.2, -0.15) is 0 Å². The molecule has 0 amide bonds. The van der Waals surface area contributed by atoms with Gasteiger partial charge in [-0.1, -0.05) is 0 Å². The van der Waals surface area contributed by atoms with E-state index in [1.807, 2.05) is 18.2 Å². The van der Waals surface area contributed by atoms with Gasteiger partial charge in [-0.05, 0) is 24.3 Å². The Morgan fingerprint density at radius 3 is 2.83 bits per heavy atom. The number of ether oxygens (including phenoxy) is 2. The summed E-state index contributed by atoms with van der Waals surface area (Å²) in [5.41, 5.74) is 7.24. The molecule has 2 heterocycles. The molecule has 0 unspecified atom stereocenters. The molecule has 1 aromatic carbocycles. The first-order chi connectivity index (χ1) is 11.2. The molecule has 6 nitrogen and oxygen atoms in total. The van der Waals surface area contributed by atoms with Gasteiger partial charge in [0.1, 0.15) is 5.82 Å². The van der Waals surface area contributed by atoms with Crippen LogP contribution >= 0.6 is 0 Å². The van der Waals surface area contributed by atoms with Gasteiger partial charge in [0, 0.05) is 18.2 Å². The van der Waals surface area contributed by atoms with Gasteiger partial charge in [-0.25, -0.2) is 9.38 Å². The Kier molecular flexibility index (Phi) is 4.56. The number of nitrogens with one attached hydrogen (secondary N) is 1. The van der Waals surface area contributed by atoms with E-state index < -0.39 is 0 Å². The minimum absolute atomic E-state index is 0.241. The molecule has 0 radical (unpaired) electrons. The van der Waals surface area contributed by atoms with E-state index in [1.54, 1.807) is 6.07 Å². The lowest BCUT2D eigenvalue weighted by molar-refractivity contribution is 0.297. The van der Waals surface area contributed by atoms with Gasteiger partial charge in [-0.15, -0.1) is 0 Å². The van der Waals surface area contributed by atoms with Crippen LogP contribution in [0.1, 0.15) is 12.1 Å². The molecule has 0 saturated heterocycles. The maximum atomic E-state index is 12.8. The van der Waals surface area contributed by atoms with Crippen LogP contribution < -0.4 is 20.5 Å². The molecule has 23 heavy (non-hydrogen) atoms. The number of hydrogen-bond acceptors (Lipinski definition) is 4. The van der Waals surface area contributed by atoms with E-state index in [0.717, 1.165) is 24.1 Å². The molecular formula is C16H17FN4O2. The van der Waals surface area contributed by atoms with Crippen LogP contribution in [0.3, 0.4) is 0 Å². The molecule has 3 N–H and O–H groups in total. The van der Waals surface area contributed by atoms with Gasteiger partial charge >= 0.3 is 0 Å². The second-order valence-electron chi connectivity index (χ2n) is 5.01. The number of rotatable bonds is 3. The maximum absolute atomic E-state index is 12.8. The molecule has 0 spiro atoms. The number of pyridine rings is 1. The SMILES string of the molecule is NC(=NCc1ccc(F)cn1)Nc1ccc2c(c1)OCCCO2. The molecule has 1 aliphatic heterocycles. The van der Waals surface area contributed by atoms with Gasteiger partial charge in [0.05, 0.1) is 31.6 Å². The fraction of sp³-hybridized carbons (Fsp3) is 0.250. The van der Waals surface area contributed by atoms with Crippen LogP contribution in [0.4, 0.5) is 10.1 Å². The summed E-state index contributed by atoms with van der Waals surface area (Å²) in [4.78, 5) is 8.10. The number of anilines is 1. The number of nitrogens with zero attached hydrogens (tertiary/aromatic N) is 2. The second kappa shape index (κ2) is 6.95. The Balaban J connectivity index is 1.65. The Hall–Kier alpha value is -2.83. The summed E-state index contributed by atoms with van der Waals surface area (Å²) >= 11 is 0. The number of aromatic nitrogens is 1. The summed E-state index contributed by atoms with van der Waals surface area (Å²) in [5, 5.41) is 2.98. The van der Waals surface area contributed by atoms with E-state index in [1.165, 1.54) is 6.07 Å². The standard InChI is InChI=1S/C16H17FN4O2/c17-11-2-3-13(19-9-11)10-20-16(18)21-12-4-5-14-15(8-12)23-7-1-6-22-14/h2-5,8-9H,1,6-7,10H2,(H3,18,20,21). The zero-order chi connectivity index (χ0) is 16.1. The van der Waals surface area contributed by atoms with E-state index in [4.69, 9.17) is 15.2 Å². The number of aliphatic imine (C=N–C) groups is 1. The van der Waals surface area contributed by atoms with E-state index in [-0.39, 0.29) is 18.3 Å². The topological polar surface area (TPSA) is 81.8 Å². The molecule has 3 rings (SSSR count). The van der Waals surface area contributed by atoms with Gasteiger partial charge in [-0.3, -0.25) is 4.98 Å². The summed E-state index contributed by atoms with van der Waals surface area (Å²) in [5.74, 6) is 1.27. The Morgan fingerprint density at radius 2 is 2.04 bits per heavy atom. The highest BCUT2D eigenvalue weighted by molar-refractivity contribution is 5.92. The molecule has 0 atom stereocenters. The predicted molar refractivity (Wildman–Crippen MR) is 85.2 cm³/mol. The minimum atomic E-state index is -0.379. The first-order valence-corrected chi connectivity index (χ1v) is 7.28. The lowest BCUT2D eigenvalue weighted by Crippen LogP contribution is -2.22. The normalized spacial score (nSPS) is 14.2. The lowest BCUT2D eigenvalue weighted by atomic mass is 10.3. The first-order valence-electron chi connectivity index (χ1n) is 7.28. The summed E-state index contributed by atoms with van der Waals surface area (Å²) in [6.45, 7) is 1.54. The molecule has 0 saturated carbocycles. The van der Waals surface area contributed by atoms with Crippen molar-refractivity contribution >= 4 is 11.6 Å². The van der Waals surface area contributed by atoms with Crippen molar-refractivity contribution in [1.82, 2.24) is 4.98 Å². The Labute approximate surface area is 133 Å². The van der Waals surface area contributed by atoms with Crippen molar-refractivity contribution in [2.45, 2.75) is 13.0 Å². The first kappa shape index (κ1) is 15.1. The summed E-state index contributed by atoms with van der Waals surface area (Å²) in [6.07, 6.45) is 2.00. The summed E-state index contributed by atoms with van der Waals surface area (Å²) in [6, 6.07) is 8.40. The van der Waals surface area contributed by atoms with Gasteiger partial charge in [0.2, 0.25) is 0 Å². The second-order valence-corrected chi connectivity index (χ2v) is 5.01. The average Bonchev–Trinajstić information content (AvgIpc) is 2.79. The van der Waals surface area contributed by atoms with Crippen LogP contribution in [0.5, 0.6) is 11.5 Å². The van der Waals surface area contributed by atoms with Gasteiger partial charge in [0.15, 0.2) is 17.5 Å².